The Morgan fingerprint density at radius 1 is 1.33 bits per heavy atom. The zero-order valence-corrected chi connectivity index (χ0v) is 10.3. The van der Waals surface area contributed by atoms with Gasteiger partial charge in [0, 0.05) is 6.42 Å². The Balaban J connectivity index is 3.03. The molecule has 0 unspecified atom stereocenters. The summed E-state index contributed by atoms with van der Waals surface area (Å²) in [5.74, 6) is 1.36. The third-order valence-electron chi connectivity index (χ3n) is 2.02. The molecule has 4 heteroatoms. The van der Waals surface area contributed by atoms with Gasteiger partial charge in [-0.1, -0.05) is 0 Å². The molecule has 0 N–H and O–H groups in total. The van der Waals surface area contributed by atoms with Crippen LogP contribution in [0.25, 0.3) is 0 Å². The molecule has 0 spiro atoms. The molecular weight excluding hydrogens is 258 g/mol. The van der Waals surface area contributed by atoms with Gasteiger partial charge in [-0.3, -0.25) is 0 Å². The summed E-state index contributed by atoms with van der Waals surface area (Å²) in [4.78, 5) is 0. The lowest BCUT2D eigenvalue weighted by atomic mass is 10.1. The van der Waals surface area contributed by atoms with E-state index in [0.29, 0.717) is 17.9 Å². The second-order valence-corrected chi connectivity index (χ2v) is 3.83. The van der Waals surface area contributed by atoms with Crippen LogP contribution in [0.3, 0.4) is 0 Å². The lowest BCUT2D eigenvalue weighted by Gasteiger charge is -2.11. The van der Waals surface area contributed by atoms with Gasteiger partial charge in [-0.15, -0.1) is 0 Å². The number of methoxy groups -OCH3 is 2. The van der Waals surface area contributed by atoms with Crippen molar-refractivity contribution in [2.24, 2.45) is 0 Å². The first kappa shape index (κ1) is 11.9. The van der Waals surface area contributed by atoms with Crippen molar-refractivity contribution in [2.45, 2.75) is 12.8 Å². The molecule has 0 aliphatic heterocycles. The largest absolute Gasteiger partial charge is 0.493 e. The van der Waals surface area contributed by atoms with Gasteiger partial charge in [-0.25, -0.2) is 0 Å². The van der Waals surface area contributed by atoms with Crippen LogP contribution in [0.5, 0.6) is 11.5 Å². The van der Waals surface area contributed by atoms with E-state index < -0.39 is 0 Å². The van der Waals surface area contributed by atoms with E-state index in [4.69, 9.17) is 14.7 Å². The lowest BCUT2D eigenvalue weighted by molar-refractivity contribution is 0.352. The number of hydrogen-bond donors (Lipinski definition) is 0. The van der Waals surface area contributed by atoms with Crippen molar-refractivity contribution < 1.29 is 9.47 Å². The smallest absolute Gasteiger partial charge is 0.174 e. The van der Waals surface area contributed by atoms with Crippen LogP contribution in [0.4, 0.5) is 0 Å². The van der Waals surface area contributed by atoms with Crippen LogP contribution >= 0.6 is 15.9 Å². The molecule has 80 valence electrons. The Hall–Kier alpha value is -1.21. The van der Waals surface area contributed by atoms with Gasteiger partial charge in [0.05, 0.1) is 24.8 Å². The third kappa shape index (κ3) is 2.87. The van der Waals surface area contributed by atoms with Crippen LogP contribution in [-0.4, -0.2) is 14.2 Å². The van der Waals surface area contributed by atoms with Gasteiger partial charge < -0.3 is 9.47 Å². The van der Waals surface area contributed by atoms with E-state index in [1.807, 2.05) is 12.1 Å². The summed E-state index contributed by atoms with van der Waals surface area (Å²) >= 11 is 3.40. The summed E-state index contributed by atoms with van der Waals surface area (Å²) in [6, 6.07) is 5.95. The summed E-state index contributed by atoms with van der Waals surface area (Å²) in [7, 11) is 3.19. The Kier molecular flexibility index (Phi) is 4.44. The van der Waals surface area contributed by atoms with E-state index in [9.17, 15) is 0 Å². The molecule has 0 saturated heterocycles. The van der Waals surface area contributed by atoms with Gasteiger partial charge in [-0.05, 0) is 40.0 Å². The van der Waals surface area contributed by atoms with Gasteiger partial charge in [-0.2, -0.15) is 5.26 Å². The molecule has 1 aromatic carbocycles. The van der Waals surface area contributed by atoms with Crippen molar-refractivity contribution in [2.75, 3.05) is 14.2 Å². The zero-order chi connectivity index (χ0) is 11.3. The molecule has 3 nitrogen and oxygen atoms in total. The van der Waals surface area contributed by atoms with Crippen molar-refractivity contribution in [1.29, 1.82) is 5.26 Å². The SMILES string of the molecule is COc1cc(CCC#N)cc(Br)c1OC. The van der Waals surface area contributed by atoms with Crippen LogP contribution in [-0.2, 0) is 6.42 Å². The fraction of sp³-hybridized carbons (Fsp3) is 0.364. The highest BCUT2D eigenvalue weighted by Crippen LogP contribution is 2.36. The number of hydrogen-bond acceptors (Lipinski definition) is 3. The van der Waals surface area contributed by atoms with Crippen molar-refractivity contribution >= 4 is 15.9 Å². The summed E-state index contributed by atoms with van der Waals surface area (Å²) in [5, 5.41) is 8.51. The second-order valence-electron chi connectivity index (χ2n) is 2.97. The van der Waals surface area contributed by atoms with E-state index in [1.165, 1.54) is 0 Å². The number of nitrogens with zero attached hydrogens (tertiary/aromatic N) is 1. The predicted molar refractivity (Wildman–Crippen MR) is 61.2 cm³/mol. The predicted octanol–water partition coefficient (Wildman–Crippen LogP) is 2.92. The van der Waals surface area contributed by atoms with Crippen molar-refractivity contribution in [3.05, 3.63) is 22.2 Å². The summed E-state index contributed by atoms with van der Waals surface area (Å²) in [6.07, 6.45) is 1.22. The Morgan fingerprint density at radius 2 is 2.07 bits per heavy atom. The van der Waals surface area contributed by atoms with Crippen LogP contribution in [0.1, 0.15) is 12.0 Å². The molecule has 0 bridgehead atoms. The Morgan fingerprint density at radius 3 is 2.60 bits per heavy atom. The van der Waals surface area contributed by atoms with E-state index in [2.05, 4.69) is 22.0 Å². The van der Waals surface area contributed by atoms with E-state index >= 15 is 0 Å². The average molecular weight is 270 g/mol. The Bertz CT molecular complexity index is 385. The van der Waals surface area contributed by atoms with Gasteiger partial charge in [0.25, 0.3) is 0 Å². The number of nitriles is 1. The lowest BCUT2D eigenvalue weighted by Crippen LogP contribution is -1.94. The topological polar surface area (TPSA) is 42.2 Å². The summed E-state index contributed by atoms with van der Waals surface area (Å²) in [6.45, 7) is 0. The highest BCUT2D eigenvalue weighted by Gasteiger charge is 2.09. The van der Waals surface area contributed by atoms with Gasteiger partial charge >= 0.3 is 0 Å². The van der Waals surface area contributed by atoms with Crippen LogP contribution in [0, 0.1) is 11.3 Å². The maximum absolute atomic E-state index is 8.51. The van der Waals surface area contributed by atoms with E-state index in [-0.39, 0.29) is 0 Å². The first-order valence-electron chi connectivity index (χ1n) is 4.50. The Labute approximate surface area is 97.7 Å². The van der Waals surface area contributed by atoms with Crippen molar-refractivity contribution in [3.63, 3.8) is 0 Å². The van der Waals surface area contributed by atoms with Crippen LogP contribution < -0.4 is 9.47 Å². The summed E-state index contributed by atoms with van der Waals surface area (Å²) < 4.78 is 11.2. The standard InChI is InChI=1S/C11H12BrNO2/c1-14-10-7-8(4-3-5-13)6-9(12)11(10)15-2/h6-7H,3-4H2,1-2H3. The van der Waals surface area contributed by atoms with Gasteiger partial charge in [0.1, 0.15) is 0 Å². The molecule has 1 aromatic rings. The molecule has 0 amide bonds. The second kappa shape index (κ2) is 5.62. The number of aryl methyl sites for hydroxylation is 1. The molecule has 0 heterocycles. The van der Waals surface area contributed by atoms with Crippen LogP contribution in [0.2, 0.25) is 0 Å². The molecule has 1 rings (SSSR count). The highest BCUT2D eigenvalue weighted by molar-refractivity contribution is 9.10. The minimum atomic E-state index is 0.502. The maximum Gasteiger partial charge on any atom is 0.174 e. The number of rotatable bonds is 4. The molecule has 15 heavy (non-hydrogen) atoms. The fourth-order valence-electron chi connectivity index (χ4n) is 1.32. The maximum atomic E-state index is 8.51. The minimum Gasteiger partial charge on any atom is -0.493 e. The number of ether oxygens (including phenoxy) is 2. The number of benzene rings is 1. The number of halogens is 1. The monoisotopic (exact) mass is 269 g/mol. The zero-order valence-electron chi connectivity index (χ0n) is 8.71. The van der Waals surface area contributed by atoms with Crippen molar-refractivity contribution in [1.82, 2.24) is 0 Å². The molecule has 0 atom stereocenters. The summed E-state index contributed by atoms with van der Waals surface area (Å²) in [5.41, 5.74) is 1.06. The molecule has 0 aliphatic rings. The quantitative estimate of drug-likeness (QED) is 0.844. The average Bonchev–Trinajstić information content (AvgIpc) is 2.25. The van der Waals surface area contributed by atoms with E-state index in [1.54, 1.807) is 14.2 Å². The fourth-order valence-corrected chi connectivity index (χ4v) is 1.97. The normalized spacial score (nSPS) is 9.47. The third-order valence-corrected chi connectivity index (χ3v) is 2.61. The van der Waals surface area contributed by atoms with E-state index in [0.717, 1.165) is 16.5 Å². The molecule has 0 aliphatic carbocycles. The van der Waals surface area contributed by atoms with Gasteiger partial charge in [0.15, 0.2) is 11.5 Å². The highest BCUT2D eigenvalue weighted by atomic mass is 79.9. The molecular formula is C11H12BrNO2. The molecule has 0 radical (unpaired) electrons. The molecule has 0 saturated carbocycles. The van der Waals surface area contributed by atoms with Gasteiger partial charge in [0.2, 0.25) is 0 Å². The van der Waals surface area contributed by atoms with Crippen molar-refractivity contribution in [3.8, 4) is 17.6 Å². The molecule has 0 fully saturated rings. The first-order chi connectivity index (χ1) is 7.22. The minimum absolute atomic E-state index is 0.502. The van der Waals surface area contributed by atoms with Crippen LogP contribution in [0.15, 0.2) is 16.6 Å². The first-order valence-corrected chi connectivity index (χ1v) is 5.29. The molecule has 0 aromatic heterocycles.